The van der Waals surface area contributed by atoms with Crippen molar-refractivity contribution in [3.63, 3.8) is 0 Å². The largest absolute Gasteiger partial charge is 0.419 e. The van der Waals surface area contributed by atoms with Crippen molar-refractivity contribution in [2.75, 3.05) is 5.32 Å². The van der Waals surface area contributed by atoms with Crippen LogP contribution in [0.1, 0.15) is 21.5 Å². The van der Waals surface area contributed by atoms with Crippen molar-refractivity contribution < 1.29 is 27.5 Å². The molecule has 22 heavy (non-hydrogen) atoms. The fourth-order valence-corrected chi connectivity index (χ4v) is 1.78. The fraction of sp³-hybridized carbons (Fsp3) is 0.133. The van der Waals surface area contributed by atoms with Crippen molar-refractivity contribution >= 4 is 11.6 Å². The van der Waals surface area contributed by atoms with Gasteiger partial charge in [0.05, 0.1) is 12.2 Å². The third-order valence-electron chi connectivity index (χ3n) is 2.93. The third-order valence-corrected chi connectivity index (χ3v) is 2.93. The quantitative estimate of drug-likeness (QED) is 0.851. The molecule has 0 fully saturated rings. The van der Waals surface area contributed by atoms with Crippen LogP contribution < -0.4 is 5.32 Å². The van der Waals surface area contributed by atoms with Gasteiger partial charge in [-0.15, -0.1) is 0 Å². The molecule has 116 valence electrons. The molecule has 0 aliphatic rings. The zero-order valence-corrected chi connectivity index (χ0v) is 11.1. The molecule has 0 saturated heterocycles. The molecule has 2 N–H and O–H groups in total. The Labute approximate surface area is 123 Å². The number of halogens is 4. The number of carbonyl (C=O) groups excluding carboxylic acids is 1. The molecule has 3 nitrogen and oxygen atoms in total. The smallest absolute Gasteiger partial charge is 0.392 e. The maximum atomic E-state index is 13.4. The fourth-order valence-electron chi connectivity index (χ4n) is 1.78. The van der Waals surface area contributed by atoms with E-state index < -0.39 is 23.5 Å². The zero-order valence-electron chi connectivity index (χ0n) is 11.1. The molecule has 0 aliphatic heterocycles. The number of benzene rings is 2. The molecule has 0 bridgehead atoms. The average molecular weight is 313 g/mol. The molecule has 0 aliphatic carbocycles. The molecule has 0 atom stereocenters. The van der Waals surface area contributed by atoms with E-state index in [0.29, 0.717) is 23.4 Å². The first-order valence-electron chi connectivity index (χ1n) is 6.19. The maximum absolute atomic E-state index is 13.4. The van der Waals surface area contributed by atoms with Gasteiger partial charge in [-0.05, 0) is 35.9 Å². The monoisotopic (exact) mass is 313 g/mol. The van der Waals surface area contributed by atoms with Gasteiger partial charge in [0.1, 0.15) is 5.82 Å². The molecule has 7 heteroatoms. The lowest BCUT2D eigenvalue weighted by molar-refractivity contribution is -0.140. The summed E-state index contributed by atoms with van der Waals surface area (Å²) in [5.74, 6) is -2.24. The SMILES string of the molecule is O=C(Nc1ccc(CO)cc1)c1ccc(C(F)(F)F)c(F)c1. The normalized spacial score (nSPS) is 11.3. The number of alkyl halides is 3. The van der Waals surface area contributed by atoms with Crippen LogP contribution in [0.2, 0.25) is 0 Å². The molecule has 2 aromatic rings. The van der Waals surface area contributed by atoms with E-state index in [1.54, 1.807) is 12.1 Å². The Hall–Kier alpha value is -2.41. The summed E-state index contributed by atoms with van der Waals surface area (Å²) in [6.07, 6.45) is -4.81. The summed E-state index contributed by atoms with van der Waals surface area (Å²) in [5.41, 5.74) is -0.630. The second-order valence-electron chi connectivity index (χ2n) is 4.50. The number of anilines is 1. The topological polar surface area (TPSA) is 49.3 Å². The van der Waals surface area contributed by atoms with E-state index in [-0.39, 0.29) is 12.2 Å². The van der Waals surface area contributed by atoms with Crippen LogP contribution >= 0.6 is 0 Å². The minimum absolute atomic E-state index is 0.154. The summed E-state index contributed by atoms with van der Waals surface area (Å²) in [7, 11) is 0. The lowest BCUT2D eigenvalue weighted by atomic mass is 10.1. The van der Waals surface area contributed by atoms with E-state index >= 15 is 0 Å². The van der Waals surface area contributed by atoms with Gasteiger partial charge in [-0.1, -0.05) is 12.1 Å². The van der Waals surface area contributed by atoms with Crippen LogP contribution in [0, 0.1) is 5.82 Å². The van der Waals surface area contributed by atoms with Gasteiger partial charge in [-0.2, -0.15) is 13.2 Å². The highest BCUT2D eigenvalue weighted by Crippen LogP contribution is 2.31. The van der Waals surface area contributed by atoms with Gasteiger partial charge in [0.15, 0.2) is 0 Å². The second-order valence-corrected chi connectivity index (χ2v) is 4.50. The Morgan fingerprint density at radius 3 is 2.23 bits per heavy atom. The highest BCUT2D eigenvalue weighted by atomic mass is 19.4. The summed E-state index contributed by atoms with van der Waals surface area (Å²) in [6, 6.07) is 8.16. The standard InChI is InChI=1S/C15H11F4NO2/c16-13-7-10(3-6-12(13)15(17,18)19)14(22)20-11-4-1-9(8-21)2-5-11/h1-7,21H,8H2,(H,20,22). The first-order chi connectivity index (χ1) is 10.3. The van der Waals surface area contributed by atoms with Crippen LogP contribution in [0.3, 0.4) is 0 Å². The van der Waals surface area contributed by atoms with Crippen molar-refractivity contribution in [3.05, 3.63) is 65.0 Å². The van der Waals surface area contributed by atoms with Crippen LogP contribution in [-0.2, 0) is 12.8 Å². The van der Waals surface area contributed by atoms with Crippen LogP contribution in [0.4, 0.5) is 23.2 Å². The zero-order chi connectivity index (χ0) is 16.3. The van der Waals surface area contributed by atoms with Crippen molar-refractivity contribution in [1.82, 2.24) is 0 Å². The summed E-state index contributed by atoms with van der Waals surface area (Å²) in [4.78, 5) is 11.9. The predicted molar refractivity (Wildman–Crippen MR) is 71.7 cm³/mol. The van der Waals surface area contributed by atoms with Gasteiger partial charge in [0, 0.05) is 11.3 Å². The summed E-state index contributed by atoms with van der Waals surface area (Å²) >= 11 is 0. The van der Waals surface area contributed by atoms with Crippen LogP contribution in [0.15, 0.2) is 42.5 Å². The van der Waals surface area contributed by atoms with E-state index in [2.05, 4.69) is 5.32 Å². The molecule has 0 radical (unpaired) electrons. The Bertz CT molecular complexity index is 681. The van der Waals surface area contributed by atoms with E-state index in [1.807, 2.05) is 0 Å². The van der Waals surface area contributed by atoms with Crippen molar-refractivity contribution in [3.8, 4) is 0 Å². The molecule has 1 amide bonds. The predicted octanol–water partition coefficient (Wildman–Crippen LogP) is 3.59. The van der Waals surface area contributed by atoms with Crippen molar-refractivity contribution in [2.24, 2.45) is 0 Å². The van der Waals surface area contributed by atoms with Crippen LogP contribution in [0.25, 0.3) is 0 Å². The minimum atomic E-state index is -4.81. The molecule has 2 rings (SSSR count). The minimum Gasteiger partial charge on any atom is -0.392 e. The Kier molecular flexibility index (Phi) is 4.46. The summed E-state index contributed by atoms with van der Waals surface area (Å²) in [5, 5.41) is 11.3. The second kappa shape index (κ2) is 6.15. The lowest BCUT2D eigenvalue weighted by Gasteiger charge is -2.10. The number of nitrogens with one attached hydrogen (secondary N) is 1. The molecule has 0 saturated carbocycles. The maximum Gasteiger partial charge on any atom is 0.419 e. The van der Waals surface area contributed by atoms with E-state index in [4.69, 9.17) is 5.11 Å². The molecule has 2 aromatic carbocycles. The highest BCUT2D eigenvalue weighted by molar-refractivity contribution is 6.04. The molecule has 0 spiro atoms. The van der Waals surface area contributed by atoms with Crippen molar-refractivity contribution in [2.45, 2.75) is 12.8 Å². The number of amides is 1. The third kappa shape index (κ3) is 3.62. The molecule has 0 unspecified atom stereocenters. The highest BCUT2D eigenvalue weighted by Gasteiger charge is 2.34. The molecule has 0 heterocycles. The number of aliphatic hydroxyl groups is 1. The Morgan fingerprint density at radius 2 is 1.73 bits per heavy atom. The van der Waals surface area contributed by atoms with Gasteiger partial charge in [-0.3, -0.25) is 4.79 Å². The molecular formula is C15H11F4NO2. The van der Waals surface area contributed by atoms with E-state index in [9.17, 15) is 22.4 Å². The molecule has 0 aromatic heterocycles. The van der Waals surface area contributed by atoms with Crippen molar-refractivity contribution in [1.29, 1.82) is 0 Å². The Balaban J connectivity index is 2.17. The van der Waals surface area contributed by atoms with E-state index in [1.165, 1.54) is 12.1 Å². The summed E-state index contributed by atoms with van der Waals surface area (Å²) in [6.45, 7) is -0.154. The number of aliphatic hydroxyl groups excluding tert-OH is 1. The Morgan fingerprint density at radius 1 is 1.09 bits per heavy atom. The lowest BCUT2D eigenvalue weighted by Crippen LogP contribution is -2.14. The average Bonchev–Trinajstić information content (AvgIpc) is 2.46. The number of hydrogen-bond acceptors (Lipinski definition) is 2. The van der Waals surface area contributed by atoms with Gasteiger partial charge in [-0.25, -0.2) is 4.39 Å². The number of carbonyl (C=O) groups is 1. The number of hydrogen-bond donors (Lipinski definition) is 2. The van der Waals surface area contributed by atoms with E-state index in [0.717, 1.165) is 6.07 Å². The van der Waals surface area contributed by atoms with Gasteiger partial charge in [0.2, 0.25) is 0 Å². The van der Waals surface area contributed by atoms with Gasteiger partial charge in [0.25, 0.3) is 5.91 Å². The number of rotatable bonds is 3. The summed E-state index contributed by atoms with van der Waals surface area (Å²) < 4.78 is 50.7. The first kappa shape index (κ1) is 16.0. The van der Waals surface area contributed by atoms with Gasteiger partial charge >= 0.3 is 6.18 Å². The first-order valence-corrected chi connectivity index (χ1v) is 6.19. The molecular weight excluding hydrogens is 302 g/mol. The van der Waals surface area contributed by atoms with Gasteiger partial charge < -0.3 is 10.4 Å². The van der Waals surface area contributed by atoms with Crippen LogP contribution in [-0.4, -0.2) is 11.0 Å². The van der Waals surface area contributed by atoms with Crippen LogP contribution in [0.5, 0.6) is 0 Å².